The van der Waals surface area contributed by atoms with Gasteiger partial charge in [0.25, 0.3) is 0 Å². The molecule has 2 nitrogen and oxygen atoms in total. The summed E-state index contributed by atoms with van der Waals surface area (Å²) >= 11 is 3.75. The van der Waals surface area contributed by atoms with Crippen LogP contribution in [0.1, 0.15) is 0 Å². The minimum Gasteiger partial charge on any atom is -0.159 e. The molecule has 0 atom stereocenters. The van der Waals surface area contributed by atoms with Gasteiger partial charge in [-0.2, -0.15) is 4.39 Å². The van der Waals surface area contributed by atoms with Gasteiger partial charge in [-0.3, -0.25) is 0 Å². The Bertz CT molecular complexity index is 25.1. The Morgan fingerprint density at radius 1 is 1.60 bits per heavy atom. The van der Waals surface area contributed by atoms with Gasteiger partial charge in [-0.15, -0.1) is 10.2 Å². The van der Waals surface area contributed by atoms with Gasteiger partial charge in [-0.05, 0) is 11.6 Å². The topological polar surface area (TPSA) is 39.8 Å². The predicted octanol–water partition coefficient (Wildman–Crippen LogP) is 0.667. The van der Waals surface area contributed by atoms with Crippen molar-refractivity contribution in [3.63, 3.8) is 0 Å². The van der Waals surface area contributed by atoms with E-state index in [1.54, 1.807) is 0 Å². The van der Waals surface area contributed by atoms with Crippen LogP contribution in [0.25, 0.3) is 0 Å². The van der Waals surface area contributed by atoms with Crippen LogP contribution in [0.4, 0.5) is 4.39 Å². The molecule has 0 heterocycles. The molecule has 4 heteroatoms. The molecule has 0 aliphatic rings. The van der Waals surface area contributed by atoms with Gasteiger partial charge in [0.1, 0.15) is 0 Å². The second-order valence-electron chi connectivity index (χ2n) is 0.463. The fourth-order valence-electron chi connectivity index (χ4n) is 0. The van der Waals surface area contributed by atoms with Gasteiger partial charge >= 0.3 is 5.50 Å². The van der Waals surface area contributed by atoms with Crippen molar-refractivity contribution >= 4 is 11.6 Å². The molecule has 0 saturated carbocycles. The first-order chi connectivity index (χ1) is 2.00. The van der Waals surface area contributed by atoms with E-state index in [9.17, 15) is 4.39 Å². The molecule has 30 valence electrons. The third-order valence-electron chi connectivity index (χ3n) is 0. The maximum Gasteiger partial charge on any atom is 0.458 e. The fourth-order valence-corrected chi connectivity index (χ4v) is 0. The second kappa shape index (κ2) is 1.08. The number of hydrogen-bond donors (Lipinski definition) is 0. The molecule has 2 radical (unpaired) electrons. The highest BCUT2D eigenvalue weighted by Gasteiger charge is 2.19. The molecule has 0 aromatic carbocycles. The summed E-state index contributed by atoms with van der Waals surface area (Å²) in [6, 6.07) is 0. The molecule has 0 aromatic heterocycles. The van der Waals surface area contributed by atoms with E-state index in [0.717, 1.165) is 0 Å². The van der Waals surface area contributed by atoms with Crippen LogP contribution in [0.5, 0.6) is 0 Å². The average Bonchev–Trinajstić information content (AvgIpc) is 0.722. The van der Waals surface area contributed by atoms with Crippen LogP contribution >= 0.6 is 11.6 Å². The molecule has 0 bridgehead atoms. The zero-order valence-electron chi connectivity index (χ0n) is 2.07. The standard InChI is InChI=1S/CClFO2/c2-1(3,4)5. The Morgan fingerprint density at radius 3 is 1.60 bits per heavy atom. The van der Waals surface area contributed by atoms with E-state index < -0.39 is 5.50 Å². The van der Waals surface area contributed by atoms with Crippen molar-refractivity contribution in [1.29, 1.82) is 0 Å². The smallest absolute Gasteiger partial charge is 0.159 e. The largest absolute Gasteiger partial charge is 0.458 e. The van der Waals surface area contributed by atoms with E-state index in [1.807, 2.05) is 0 Å². The van der Waals surface area contributed by atoms with Gasteiger partial charge in [-0.25, -0.2) is 0 Å². The highest BCUT2D eigenvalue weighted by atomic mass is 35.5. The van der Waals surface area contributed by atoms with Crippen molar-refractivity contribution in [2.75, 3.05) is 0 Å². The first-order valence-corrected chi connectivity index (χ1v) is 1.16. The average molecular weight is 98.5 g/mol. The van der Waals surface area contributed by atoms with Gasteiger partial charge in [0.15, 0.2) is 0 Å². The van der Waals surface area contributed by atoms with Gasteiger partial charge in [0, 0.05) is 0 Å². The molecule has 0 N–H and O–H groups in total. The van der Waals surface area contributed by atoms with Crippen LogP contribution in [-0.4, -0.2) is 5.50 Å². The Kier molecular flexibility index (Phi) is 1.11. The van der Waals surface area contributed by atoms with Crippen molar-refractivity contribution in [1.82, 2.24) is 0 Å². The van der Waals surface area contributed by atoms with Crippen LogP contribution in [0, 0.1) is 0 Å². The summed E-state index contributed by atoms with van der Waals surface area (Å²) in [5.41, 5.74) is -4.03. The summed E-state index contributed by atoms with van der Waals surface area (Å²) in [6.07, 6.45) is 0. The van der Waals surface area contributed by atoms with Crippen LogP contribution in [0.2, 0.25) is 0 Å². The Hall–Kier alpha value is 0.140. The van der Waals surface area contributed by atoms with Crippen molar-refractivity contribution in [2.24, 2.45) is 0 Å². The molecule has 0 amide bonds. The van der Waals surface area contributed by atoms with E-state index in [4.69, 9.17) is 10.2 Å². The van der Waals surface area contributed by atoms with Crippen molar-refractivity contribution in [3.8, 4) is 0 Å². The van der Waals surface area contributed by atoms with Gasteiger partial charge in [0.05, 0.1) is 0 Å². The molecular formula is CClFO2. The van der Waals surface area contributed by atoms with E-state index in [0.29, 0.717) is 0 Å². The molecule has 0 spiro atoms. The third-order valence-corrected chi connectivity index (χ3v) is 0. The lowest BCUT2D eigenvalue weighted by Gasteiger charge is -1.85. The van der Waals surface area contributed by atoms with Crippen LogP contribution in [-0.2, 0) is 10.2 Å². The summed E-state index contributed by atoms with van der Waals surface area (Å²) in [6.45, 7) is 0. The molecule has 0 fully saturated rings. The maximum atomic E-state index is 10.3. The quantitative estimate of drug-likeness (QED) is 0.316. The molecule has 5 heavy (non-hydrogen) atoms. The molecule has 0 unspecified atom stereocenters. The summed E-state index contributed by atoms with van der Waals surface area (Å²) in [4.78, 5) is 0. The number of halogens is 2. The highest BCUT2D eigenvalue weighted by Crippen LogP contribution is 2.06. The SMILES string of the molecule is [O]C([O])(F)Cl. The first-order valence-electron chi connectivity index (χ1n) is 0.786. The zero-order chi connectivity index (χ0) is 4.50. The van der Waals surface area contributed by atoms with Crippen molar-refractivity contribution < 1.29 is 14.6 Å². The first kappa shape index (κ1) is 5.14. The number of hydrogen-bond acceptors (Lipinski definition) is 0. The molecule has 0 aliphatic carbocycles. The lowest BCUT2D eigenvalue weighted by atomic mass is 11.4. The minimum atomic E-state index is -4.03. The van der Waals surface area contributed by atoms with E-state index in [1.165, 1.54) is 0 Å². The van der Waals surface area contributed by atoms with Gasteiger partial charge < -0.3 is 0 Å². The van der Waals surface area contributed by atoms with E-state index in [-0.39, 0.29) is 0 Å². The fraction of sp³-hybridized carbons (Fsp3) is 1.00. The maximum absolute atomic E-state index is 10.3. The molecule has 0 aliphatic heterocycles. The second-order valence-corrected chi connectivity index (χ2v) is 0.915. The van der Waals surface area contributed by atoms with Crippen molar-refractivity contribution in [3.05, 3.63) is 0 Å². The van der Waals surface area contributed by atoms with E-state index in [2.05, 4.69) is 11.6 Å². The lowest BCUT2D eigenvalue weighted by Crippen LogP contribution is -2.03. The summed E-state index contributed by atoms with van der Waals surface area (Å²) in [5.74, 6) is 0. The lowest BCUT2D eigenvalue weighted by molar-refractivity contribution is -0.263. The summed E-state index contributed by atoms with van der Waals surface area (Å²) in [5, 5.41) is 17.3. The van der Waals surface area contributed by atoms with Crippen LogP contribution in [0.3, 0.4) is 0 Å². The monoisotopic (exact) mass is 98.0 g/mol. The van der Waals surface area contributed by atoms with Crippen molar-refractivity contribution in [2.45, 2.75) is 5.50 Å². The van der Waals surface area contributed by atoms with Gasteiger partial charge in [0.2, 0.25) is 0 Å². The normalized spacial score (nSPS) is 12.0. The Morgan fingerprint density at radius 2 is 1.60 bits per heavy atom. The third kappa shape index (κ3) is 967. The number of alkyl halides is 2. The Labute approximate surface area is 32.8 Å². The highest BCUT2D eigenvalue weighted by molar-refractivity contribution is 6.20. The molecular weight excluding hydrogens is 98.5 g/mol. The minimum absolute atomic E-state index is 3.75. The van der Waals surface area contributed by atoms with E-state index >= 15 is 0 Å². The number of rotatable bonds is 0. The molecule has 0 aromatic rings. The van der Waals surface area contributed by atoms with Gasteiger partial charge in [-0.1, -0.05) is 0 Å². The molecule has 0 saturated heterocycles. The van der Waals surface area contributed by atoms with Crippen LogP contribution in [0.15, 0.2) is 0 Å². The molecule has 0 rings (SSSR count). The zero-order valence-corrected chi connectivity index (χ0v) is 2.83. The summed E-state index contributed by atoms with van der Waals surface area (Å²) in [7, 11) is 0. The summed E-state index contributed by atoms with van der Waals surface area (Å²) < 4.78 is 10.3. The predicted molar refractivity (Wildman–Crippen MR) is 11.1 cm³/mol. The van der Waals surface area contributed by atoms with Crippen LogP contribution < -0.4 is 0 Å². The Balaban J connectivity index is 3.02.